The lowest BCUT2D eigenvalue weighted by Gasteiger charge is -1.99. The quantitative estimate of drug-likeness (QED) is 0.273. The van der Waals surface area contributed by atoms with E-state index in [0.717, 1.165) is 17.3 Å². The Morgan fingerprint density at radius 3 is 2.44 bits per heavy atom. The molecule has 2 aromatic carbocycles. The van der Waals surface area contributed by atoms with Gasteiger partial charge in [0.05, 0.1) is 4.92 Å². The number of aromatic nitrogens is 3. The summed E-state index contributed by atoms with van der Waals surface area (Å²) < 4.78 is 0. The first-order valence-electron chi connectivity index (χ1n) is 7.48. The van der Waals surface area contributed by atoms with E-state index in [-0.39, 0.29) is 15.7 Å². The molecule has 0 radical (unpaired) electrons. The minimum Gasteiger partial charge on any atom is -0.477 e. The third kappa shape index (κ3) is 4.72. The fourth-order valence-corrected chi connectivity index (χ4v) is 2.94. The highest BCUT2D eigenvalue weighted by Gasteiger charge is 2.15. The van der Waals surface area contributed by atoms with E-state index in [0.29, 0.717) is 16.4 Å². The van der Waals surface area contributed by atoms with Crippen LogP contribution in [0, 0.1) is 10.1 Å². The van der Waals surface area contributed by atoms with E-state index in [4.69, 9.17) is 11.6 Å². The molecule has 0 saturated heterocycles. The summed E-state index contributed by atoms with van der Waals surface area (Å²) in [4.78, 5) is 25.9. The summed E-state index contributed by atoms with van der Waals surface area (Å²) in [5.74, 6) is -0.676. The van der Waals surface area contributed by atoms with Gasteiger partial charge in [-0.3, -0.25) is 15.2 Å². The van der Waals surface area contributed by atoms with E-state index >= 15 is 0 Å². The van der Waals surface area contributed by atoms with E-state index in [2.05, 4.69) is 15.2 Å². The summed E-state index contributed by atoms with van der Waals surface area (Å²) in [6.45, 7) is 0. The molecule has 3 aromatic rings. The molecule has 0 amide bonds. The van der Waals surface area contributed by atoms with Crippen LogP contribution in [0.1, 0.15) is 5.56 Å². The fourth-order valence-electron chi connectivity index (χ4n) is 2.11. The molecule has 0 aliphatic rings. The molecule has 136 valence electrons. The number of nitro benzene ring substituents is 1. The third-order valence-corrected chi connectivity index (χ3v) is 4.53. The van der Waals surface area contributed by atoms with Crippen LogP contribution in [0.15, 0.2) is 58.6 Å². The lowest BCUT2D eigenvalue weighted by atomic mass is 10.2. The van der Waals surface area contributed by atoms with E-state index in [1.165, 1.54) is 30.3 Å². The molecule has 8 nitrogen and oxygen atoms in total. The molecule has 0 atom stereocenters. The van der Waals surface area contributed by atoms with Gasteiger partial charge in [-0.25, -0.2) is 9.78 Å². The van der Waals surface area contributed by atoms with Crippen molar-refractivity contribution in [3.8, 4) is 11.4 Å². The monoisotopic (exact) mass is 402 g/mol. The molecule has 27 heavy (non-hydrogen) atoms. The summed E-state index contributed by atoms with van der Waals surface area (Å²) in [7, 11) is 0. The van der Waals surface area contributed by atoms with Crippen LogP contribution in [0.4, 0.5) is 5.69 Å². The van der Waals surface area contributed by atoms with Gasteiger partial charge in [0.1, 0.15) is 4.91 Å². The molecule has 0 aliphatic heterocycles. The Balaban J connectivity index is 1.81. The number of carboxylic acids is 1. The number of thioether (sulfide) groups is 1. The Bertz CT molecular complexity index is 1020. The van der Waals surface area contributed by atoms with Crippen molar-refractivity contribution in [2.75, 3.05) is 0 Å². The number of carbonyl (C=O) groups is 1. The first kappa shape index (κ1) is 18.6. The predicted molar refractivity (Wildman–Crippen MR) is 101 cm³/mol. The van der Waals surface area contributed by atoms with Crippen LogP contribution in [0.5, 0.6) is 0 Å². The summed E-state index contributed by atoms with van der Waals surface area (Å²) >= 11 is 6.72. The maximum absolute atomic E-state index is 11.5. The zero-order valence-electron chi connectivity index (χ0n) is 13.5. The maximum Gasteiger partial charge on any atom is 0.342 e. The fraction of sp³-hybridized carbons (Fsp3) is 0. The highest BCUT2D eigenvalue weighted by molar-refractivity contribution is 8.04. The zero-order valence-corrected chi connectivity index (χ0v) is 15.1. The Kier molecular flexibility index (Phi) is 5.53. The number of nitrogens with one attached hydrogen (secondary N) is 1. The standard InChI is InChI=1S/C17H11ClN4O4S/c18-12-5-3-11(4-6-12)15-19-17(21-20-15)27-14(16(23)24)9-10-1-7-13(8-2-10)22(25)26/h1-9H,(H,23,24)(H,19,20,21)/b14-9-. The first-order chi connectivity index (χ1) is 12.9. The molecule has 1 heterocycles. The number of rotatable bonds is 6. The summed E-state index contributed by atoms with van der Waals surface area (Å²) in [5.41, 5.74) is 1.20. The zero-order chi connectivity index (χ0) is 19.4. The van der Waals surface area contributed by atoms with E-state index in [1.807, 2.05) is 0 Å². The van der Waals surface area contributed by atoms with Crippen LogP contribution in [0.3, 0.4) is 0 Å². The second-order valence-corrected chi connectivity index (χ2v) is 6.68. The van der Waals surface area contributed by atoms with Gasteiger partial charge in [-0.1, -0.05) is 11.6 Å². The Hall–Kier alpha value is -3.17. The minimum absolute atomic E-state index is 0.0227. The highest BCUT2D eigenvalue weighted by Crippen LogP contribution is 2.28. The van der Waals surface area contributed by atoms with Gasteiger partial charge < -0.3 is 5.11 Å². The Morgan fingerprint density at radius 2 is 1.85 bits per heavy atom. The average Bonchev–Trinajstić information content (AvgIpc) is 3.10. The maximum atomic E-state index is 11.5. The van der Waals surface area contributed by atoms with Crippen molar-refractivity contribution < 1.29 is 14.8 Å². The largest absolute Gasteiger partial charge is 0.477 e. The Morgan fingerprint density at radius 1 is 1.19 bits per heavy atom. The number of hydrogen-bond acceptors (Lipinski definition) is 6. The number of carboxylic acid groups (broad SMARTS) is 1. The molecular weight excluding hydrogens is 392 g/mol. The normalized spacial score (nSPS) is 11.4. The van der Waals surface area contributed by atoms with E-state index in [1.54, 1.807) is 24.3 Å². The van der Waals surface area contributed by atoms with Gasteiger partial charge in [-0.05, 0) is 59.8 Å². The molecule has 0 saturated carbocycles. The van der Waals surface area contributed by atoms with Crippen molar-refractivity contribution in [2.45, 2.75) is 5.16 Å². The smallest absolute Gasteiger partial charge is 0.342 e. The van der Waals surface area contributed by atoms with Crippen molar-refractivity contribution in [1.82, 2.24) is 15.2 Å². The number of benzene rings is 2. The van der Waals surface area contributed by atoms with Gasteiger partial charge in [0, 0.05) is 22.7 Å². The van der Waals surface area contributed by atoms with Gasteiger partial charge in [-0.15, -0.1) is 5.10 Å². The molecule has 10 heteroatoms. The number of nitro groups is 1. The van der Waals surface area contributed by atoms with Crippen LogP contribution in [0.2, 0.25) is 5.02 Å². The number of halogens is 1. The van der Waals surface area contributed by atoms with Crippen molar-refractivity contribution in [2.24, 2.45) is 0 Å². The van der Waals surface area contributed by atoms with Crippen molar-refractivity contribution in [1.29, 1.82) is 0 Å². The minimum atomic E-state index is -1.16. The van der Waals surface area contributed by atoms with E-state index < -0.39 is 10.9 Å². The van der Waals surface area contributed by atoms with Crippen LogP contribution in [-0.4, -0.2) is 31.2 Å². The molecule has 0 spiro atoms. The van der Waals surface area contributed by atoms with Gasteiger partial charge in [0.2, 0.25) is 5.16 Å². The molecule has 0 unspecified atom stereocenters. The Labute approximate surface area is 162 Å². The highest BCUT2D eigenvalue weighted by atomic mass is 35.5. The number of aromatic amines is 1. The van der Waals surface area contributed by atoms with Crippen molar-refractivity contribution >= 4 is 41.1 Å². The van der Waals surface area contributed by atoms with Gasteiger partial charge in [0.15, 0.2) is 5.82 Å². The van der Waals surface area contributed by atoms with Crippen LogP contribution in [-0.2, 0) is 4.79 Å². The van der Waals surface area contributed by atoms with E-state index in [9.17, 15) is 20.0 Å². The van der Waals surface area contributed by atoms with Gasteiger partial charge >= 0.3 is 5.97 Å². The molecule has 1 aromatic heterocycles. The molecule has 0 fully saturated rings. The second kappa shape index (κ2) is 8.02. The summed E-state index contributed by atoms with van der Waals surface area (Å²) in [6.07, 6.45) is 1.40. The van der Waals surface area contributed by atoms with Crippen LogP contribution < -0.4 is 0 Å². The number of non-ortho nitro benzene ring substituents is 1. The molecule has 0 bridgehead atoms. The molecule has 3 rings (SSSR count). The topological polar surface area (TPSA) is 122 Å². The SMILES string of the molecule is O=C(O)/C(=C/c1ccc([N+](=O)[O-])cc1)Sc1n[nH]c(-c2ccc(Cl)cc2)n1. The van der Waals surface area contributed by atoms with Crippen molar-refractivity contribution in [3.05, 3.63) is 74.1 Å². The van der Waals surface area contributed by atoms with Crippen LogP contribution in [0.25, 0.3) is 17.5 Å². The lowest BCUT2D eigenvalue weighted by molar-refractivity contribution is -0.384. The number of nitrogens with zero attached hydrogens (tertiary/aromatic N) is 3. The van der Waals surface area contributed by atoms with Crippen molar-refractivity contribution in [3.63, 3.8) is 0 Å². The second-order valence-electron chi connectivity index (χ2n) is 5.24. The number of hydrogen-bond donors (Lipinski definition) is 2. The molecule has 0 aliphatic carbocycles. The molecular formula is C17H11ClN4O4S. The molecule has 2 N–H and O–H groups in total. The third-order valence-electron chi connectivity index (χ3n) is 3.40. The summed E-state index contributed by atoms with van der Waals surface area (Å²) in [5, 5.41) is 27.7. The average molecular weight is 403 g/mol. The first-order valence-corrected chi connectivity index (χ1v) is 8.67. The number of aliphatic carboxylic acids is 1. The van der Waals surface area contributed by atoms with Gasteiger partial charge in [-0.2, -0.15) is 0 Å². The number of H-pyrrole nitrogens is 1. The lowest BCUT2D eigenvalue weighted by Crippen LogP contribution is -1.97. The van der Waals surface area contributed by atoms with Crippen LogP contribution >= 0.6 is 23.4 Å². The summed E-state index contributed by atoms with van der Waals surface area (Å²) in [6, 6.07) is 12.5. The predicted octanol–water partition coefficient (Wildman–Crippen LogP) is 4.25. The van der Waals surface area contributed by atoms with Gasteiger partial charge in [0.25, 0.3) is 5.69 Å².